The van der Waals surface area contributed by atoms with Gasteiger partial charge < -0.3 is 25.2 Å². The number of anilines is 2. The molecular weight excluding hydrogens is 438 g/mol. The highest BCUT2D eigenvalue weighted by Gasteiger charge is 2.26. The van der Waals surface area contributed by atoms with Gasteiger partial charge in [0.05, 0.1) is 6.61 Å². The van der Waals surface area contributed by atoms with Crippen LogP contribution in [0.15, 0.2) is 24.3 Å². The first-order valence-corrected chi connectivity index (χ1v) is 12.1. The molecule has 2 N–H and O–H groups in total. The summed E-state index contributed by atoms with van der Waals surface area (Å²) >= 11 is 1.58. The maximum absolute atomic E-state index is 12.3. The predicted octanol–water partition coefficient (Wildman–Crippen LogP) is 3.45. The van der Waals surface area contributed by atoms with Crippen molar-refractivity contribution >= 4 is 33.3 Å². The van der Waals surface area contributed by atoms with E-state index in [1.54, 1.807) is 18.4 Å². The van der Waals surface area contributed by atoms with Crippen molar-refractivity contribution in [3.8, 4) is 11.3 Å². The fourth-order valence-electron chi connectivity index (χ4n) is 3.80. The Hall–Kier alpha value is -2.85. The number of rotatable bonds is 6. The quantitative estimate of drug-likeness (QED) is 0.536. The van der Waals surface area contributed by atoms with Crippen LogP contribution >= 0.6 is 11.3 Å². The molecule has 0 radical (unpaired) electrons. The zero-order valence-electron chi connectivity index (χ0n) is 20.0. The summed E-state index contributed by atoms with van der Waals surface area (Å²) in [5.41, 5.74) is 3.05. The molecule has 1 saturated heterocycles. The van der Waals surface area contributed by atoms with Crippen LogP contribution in [-0.2, 0) is 4.74 Å². The predicted molar refractivity (Wildman–Crippen MR) is 133 cm³/mol. The first-order chi connectivity index (χ1) is 15.7. The van der Waals surface area contributed by atoms with E-state index in [-0.39, 0.29) is 11.6 Å². The van der Waals surface area contributed by atoms with E-state index in [0.29, 0.717) is 26.2 Å². The lowest BCUT2D eigenvalue weighted by atomic mass is 10.1. The van der Waals surface area contributed by atoms with Crippen LogP contribution in [0, 0.1) is 6.92 Å². The summed E-state index contributed by atoms with van der Waals surface area (Å²) in [7, 11) is 1.63. The number of nitrogens with zero attached hydrogens (tertiary/aromatic N) is 5. The van der Waals surface area contributed by atoms with Crippen LogP contribution in [0.4, 0.5) is 15.7 Å². The van der Waals surface area contributed by atoms with Gasteiger partial charge in [0.2, 0.25) is 10.1 Å². The zero-order valence-corrected chi connectivity index (χ0v) is 20.8. The number of aromatic nitrogens is 3. The summed E-state index contributed by atoms with van der Waals surface area (Å²) in [5.74, 6) is 0.904. The largest absolute Gasteiger partial charge is 0.383 e. The van der Waals surface area contributed by atoms with Crippen molar-refractivity contribution in [1.82, 2.24) is 24.8 Å². The zero-order chi connectivity index (χ0) is 23.6. The minimum atomic E-state index is -0.139. The summed E-state index contributed by atoms with van der Waals surface area (Å²) in [6.45, 7) is 12.3. The van der Waals surface area contributed by atoms with E-state index in [1.165, 1.54) is 5.56 Å². The molecule has 1 aromatic carbocycles. The number of amides is 2. The van der Waals surface area contributed by atoms with Crippen LogP contribution in [0.25, 0.3) is 16.2 Å². The smallest absolute Gasteiger partial charge is 0.317 e. The number of carbonyl (C=O) groups excluding carboxylic acids is 1. The summed E-state index contributed by atoms with van der Waals surface area (Å²) in [5, 5.41) is 12.3. The SMILES string of the molecule is COCCNC(=O)N1CCN(c2nn3c(NC(C)(C)C)c(-c4cccc(C)c4)nc3s2)CC1. The maximum atomic E-state index is 12.3. The number of benzene rings is 1. The second-order valence-corrected chi connectivity index (χ2v) is 10.3. The van der Waals surface area contributed by atoms with Crippen molar-refractivity contribution in [1.29, 1.82) is 0 Å². The molecule has 1 aliphatic heterocycles. The number of aryl methyl sites for hydroxylation is 1. The molecule has 33 heavy (non-hydrogen) atoms. The van der Waals surface area contributed by atoms with Gasteiger partial charge in [0, 0.05) is 50.9 Å². The Morgan fingerprint density at radius 3 is 2.64 bits per heavy atom. The molecule has 2 aromatic heterocycles. The molecule has 0 saturated carbocycles. The van der Waals surface area contributed by atoms with Gasteiger partial charge in [0.25, 0.3) is 0 Å². The van der Waals surface area contributed by atoms with Crippen LogP contribution in [0.3, 0.4) is 0 Å². The van der Waals surface area contributed by atoms with Crippen LogP contribution < -0.4 is 15.5 Å². The number of hydrogen-bond donors (Lipinski definition) is 2. The number of hydrogen-bond acceptors (Lipinski definition) is 7. The van der Waals surface area contributed by atoms with Crippen LogP contribution in [0.5, 0.6) is 0 Å². The number of fused-ring (bicyclic) bond motifs is 1. The molecule has 2 amide bonds. The summed E-state index contributed by atoms with van der Waals surface area (Å²) < 4.78 is 6.92. The van der Waals surface area contributed by atoms with Crippen molar-refractivity contribution in [2.45, 2.75) is 33.2 Å². The van der Waals surface area contributed by atoms with E-state index in [4.69, 9.17) is 14.8 Å². The Kier molecular flexibility index (Phi) is 6.76. The third-order valence-electron chi connectivity index (χ3n) is 5.40. The van der Waals surface area contributed by atoms with E-state index in [2.05, 4.69) is 67.5 Å². The van der Waals surface area contributed by atoms with Crippen LogP contribution in [0.1, 0.15) is 26.3 Å². The Labute approximate surface area is 198 Å². The monoisotopic (exact) mass is 471 g/mol. The highest BCUT2D eigenvalue weighted by molar-refractivity contribution is 7.20. The molecule has 1 aliphatic rings. The molecule has 0 atom stereocenters. The van der Waals surface area contributed by atoms with E-state index in [0.717, 1.165) is 40.3 Å². The number of imidazole rings is 1. The number of carbonyl (C=O) groups is 1. The molecular formula is C23H33N7O2S. The lowest BCUT2D eigenvalue weighted by Gasteiger charge is -2.34. The average Bonchev–Trinajstić information content (AvgIpc) is 3.32. The van der Waals surface area contributed by atoms with Gasteiger partial charge in [-0.05, 0) is 33.8 Å². The third-order valence-corrected chi connectivity index (χ3v) is 6.37. The van der Waals surface area contributed by atoms with E-state index < -0.39 is 0 Å². The van der Waals surface area contributed by atoms with Crippen molar-refractivity contribution in [3.05, 3.63) is 29.8 Å². The average molecular weight is 472 g/mol. The van der Waals surface area contributed by atoms with E-state index in [9.17, 15) is 4.79 Å². The van der Waals surface area contributed by atoms with Crippen molar-refractivity contribution < 1.29 is 9.53 Å². The van der Waals surface area contributed by atoms with Crippen LogP contribution in [-0.4, -0.2) is 77.5 Å². The topological polar surface area (TPSA) is 87.0 Å². The van der Waals surface area contributed by atoms with Crippen molar-refractivity contribution in [3.63, 3.8) is 0 Å². The lowest BCUT2D eigenvalue weighted by Crippen LogP contribution is -2.52. The van der Waals surface area contributed by atoms with Crippen LogP contribution in [0.2, 0.25) is 0 Å². The highest BCUT2D eigenvalue weighted by Crippen LogP contribution is 2.35. The second kappa shape index (κ2) is 9.56. The molecule has 0 spiro atoms. The summed E-state index contributed by atoms with van der Waals surface area (Å²) in [4.78, 5) is 22.2. The molecule has 178 valence electrons. The molecule has 0 aliphatic carbocycles. The first kappa shape index (κ1) is 23.3. The highest BCUT2D eigenvalue weighted by atomic mass is 32.1. The first-order valence-electron chi connectivity index (χ1n) is 11.3. The van der Waals surface area contributed by atoms with Crippen molar-refractivity contribution in [2.24, 2.45) is 0 Å². The number of urea groups is 1. The molecule has 3 aromatic rings. The van der Waals surface area contributed by atoms with Gasteiger partial charge in [-0.15, -0.1) is 5.10 Å². The molecule has 10 heteroatoms. The molecule has 0 bridgehead atoms. The molecule has 0 unspecified atom stereocenters. The Balaban J connectivity index is 1.54. The lowest BCUT2D eigenvalue weighted by molar-refractivity contribution is 0.177. The number of ether oxygens (including phenoxy) is 1. The number of nitrogens with one attached hydrogen (secondary N) is 2. The standard InChI is InChI=1S/C23H33N7O2S/c1-16-7-6-8-17(15-16)18-19(26-23(2,3)4)30-21(25-18)33-22(27-30)29-12-10-28(11-13-29)20(31)24-9-14-32-5/h6-8,15,26H,9-14H2,1-5H3,(H,24,31). The summed E-state index contributed by atoms with van der Waals surface area (Å²) in [6.07, 6.45) is 0. The van der Waals surface area contributed by atoms with E-state index >= 15 is 0 Å². The van der Waals surface area contributed by atoms with Crippen molar-refractivity contribution in [2.75, 3.05) is 56.7 Å². The molecule has 1 fully saturated rings. The molecule has 9 nitrogen and oxygen atoms in total. The Morgan fingerprint density at radius 2 is 1.97 bits per heavy atom. The minimum Gasteiger partial charge on any atom is -0.383 e. The van der Waals surface area contributed by atoms with Gasteiger partial charge in [0.1, 0.15) is 5.69 Å². The molecule has 4 rings (SSSR count). The fourth-order valence-corrected chi connectivity index (χ4v) is 4.75. The molecule has 3 heterocycles. The summed E-state index contributed by atoms with van der Waals surface area (Å²) in [6, 6.07) is 8.35. The minimum absolute atomic E-state index is 0.0416. The van der Waals surface area contributed by atoms with Gasteiger partial charge in [0.15, 0.2) is 5.82 Å². The van der Waals surface area contributed by atoms with Gasteiger partial charge in [-0.1, -0.05) is 35.1 Å². The number of piperazine rings is 1. The number of methoxy groups -OCH3 is 1. The normalized spacial score (nSPS) is 14.7. The maximum Gasteiger partial charge on any atom is 0.317 e. The Bertz CT molecular complexity index is 1110. The van der Waals surface area contributed by atoms with Gasteiger partial charge in [-0.25, -0.2) is 9.78 Å². The fraction of sp³-hybridized carbons (Fsp3) is 0.522. The van der Waals surface area contributed by atoms with Gasteiger partial charge in [-0.3, -0.25) is 0 Å². The Morgan fingerprint density at radius 1 is 1.21 bits per heavy atom. The van der Waals surface area contributed by atoms with Gasteiger partial charge in [-0.2, -0.15) is 4.52 Å². The van der Waals surface area contributed by atoms with Gasteiger partial charge >= 0.3 is 6.03 Å². The second-order valence-electron chi connectivity index (χ2n) is 9.33. The van der Waals surface area contributed by atoms with E-state index in [1.807, 2.05) is 9.42 Å². The third kappa shape index (κ3) is 5.39.